The van der Waals surface area contributed by atoms with Crippen molar-refractivity contribution in [3.8, 4) is 0 Å². The van der Waals surface area contributed by atoms with Crippen molar-refractivity contribution in [1.29, 1.82) is 0 Å². The number of carbonyl (C=O) groups is 1. The molecular weight excluding hydrogens is 421 g/mol. The highest BCUT2D eigenvalue weighted by Crippen LogP contribution is 2.27. The van der Waals surface area contributed by atoms with Gasteiger partial charge in [-0.3, -0.25) is 4.79 Å². The van der Waals surface area contributed by atoms with Crippen LogP contribution in [0.5, 0.6) is 0 Å². The second-order valence-corrected chi connectivity index (χ2v) is 7.89. The highest BCUT2D eigenvalue weighted by atomic mass is 79.9. The van der Waals surface area contributed by atoms with Crippen LogP contribution in [0.4, 0.5) is 5.82 Å². The summed E-state index contributed by atoms with van der Waals surface area (Å²) in [4.78, 5) is 12.9. The number of hydrogen-bond acceptors (Lipinski definition) is 3. The smallest absolute Gasteiger partial charge is 0.266 e. The summed E-state index contributed by atoms with van der Waals surface area (Å²) in [5.74, 6) is 0.412. The minimum absolute atomic E-state index is 0.181. The van der Waals surface area contributed by atoms with E-state index in [1.165, 1.54) is 11.3 Å². The van der Waals surface area contributed by atoms with Gasteiger partial charge in [0.25, 0.3) is 5.91 Å². The first kappa shape index (κ1) is 16.5. The van der Waals surface area contributed by atoms with Gasteiger partial charge in [-0.1, -0.05) is 35.3 Å². The summed E-state index contributed by atoms with van der Waals surface area (Å²) in [5, 5.41) is 8.06. The Bertz CT molecular complexity index is 862. The number of nitrogens with zero attached hydrogens (tertiary/aromatic N) is 2. The fourth-order valence-corrected chi connectivity index (χ4v) is 3.67. The molecule has 4 nitrogen and oxygen atoms in total. The van der Waals surface area contributed by atoms with Crippen LogP contribution in [0.15, 0.2) is 46.4 Å². The van der Waals surface area contributed by atoms with E-state index in [0.29, 0.717) is 27.3 Å². The molecule has 1 amide bonds. The second-order valence-electron chi connectivity index (χ2n) is 4.64. The van der Waals surface area contributed by atoms with Crippen LogP contribution in [0.3, 0.4) is 0 Å². The summed E-state index contributed by atoms with van der Waals surface area (Å²) in [6, 6.07) is 10.8. The van der Waals surface area contributed by atoms with Crippen LogP contribution in [0.1, 0.15) is 15.2 Å². The lowest BCUT2D eigenvalue weighted by atomic mass is 10.2. The van der Waals surface area contributed by atoms with E-state index in [1.807, 2.05) is 18.2 Å². The number of rotatable bonds is 4. The zero-order chi connectivity index (χ0) is 16.4. The highest BCUT2D eigenvalue weighted by molar-refractivity contribution is 9.11. The minimum atomic E-state index is -0.181. The number of amides is 1. The van der Waals surface area contributed by atoms with Gasteiger partial charge in [0.05, 0.1) is 31.5 Å². The predicted molar refractivity (Wildman–Crippen MR) is 97.8 cm³/mol. The van der Waals surface area contributed by atoms with E-state index in [-0.39, 0.29) is 5.91 Å². The summed E-state index contributed by atoms with van der Waals surface area (Å²) in [6.07, 6.45) is 1.62. The molecule has 0 fully saturated rings. The number of thiophene rings is 1. The minimum Gasteiger partial charge on any atom is -0.306 e. The number of anilines is 1. The van der Waals surface area contributed by atoms with Gasteiger partial charge in [0.1, 0.15) is 5.82 Å². The number of hydrogen-bond donors (Lipinski definition) is 1. The fraction of sp³-hybridized carbons (Fsp3) is 0.0667. The van der Waals surface area contributed by atoms with Crippen LogP contribution in [-0.4, -0.2) is 15.7 Å². The molecule has 0 spiro atoms. The molecule has 0 bridgehead atoms. The lowest BCUT2D eigenvalue weighted by molar-refractivity contribution is 0.102. The van der Waals surface area contributed by atoms with E-state index >= 15 is 0 Å². The van der Waals surface area contributed by atoms with Crippen molar-refractivity contribution < 1.29 is 4.79 Å². The maximum Gasteiger partial charge on any atom is 0.266 e. The summed E-state index contributed by atoms with van der Waals surface area (Å²) in [6.45, 7) is 0.413. The molecule has 2 heterocycles. The van der Waals surface area contributed by atoms with Gasteiger partial charge in [-0.2, -0.15) is 5.10 Å². The molecule has 8 heteroatoms. The Morgan fingerprint density at radius 1 is 1.26 bits per heavy atom. The lowest BCUT2D eigenvalue weighted by Gasteiger charge is -2.10. The quantitative estimate of drug-likeness (QED) is 0.609. The van der Waals surface area contributed by atoms with E-state index in [4.69, 9.17) is 23.2 Å². The molecule has 0 saturated carbocycles. The molecule has 0 aliphatic carbocycles. The van der Waals surface area contributed by atoms with Gasteiger partial charge in [0.2, 0.25) is 0 Å². The maximum absolute atomic E-state index is 12.2. The van der Waals surface area contributed by atoms with Crippen molar-refractivity contribution in [3.63, 3.8) is 0 Å². The number of carbonyl (C=O) groups excluding carboxylic acids is 1. The first-order chi connectivity index (χ1) is 11.0. The number of aromatic nitrogens is 2. The maximum atomic E-state index is 12.2. The van der Waals surface area contributed by atoms with Gasteiger partial charge in [-0.25, -0.2) is 4.68 Å². The van der Waals surface area contributed by atoms with Crippen molar-refractivity contribution in [2.75, 3.05) is 5.32 Å². The summed E-state index contributed by atoms with van der Waals surface area (Å²) < 4.78 is 2.57. The van der Waals surface area contributed by atoms with Gasteiger partial charge in [-0.05, 0) is 39.7 Å². The molecule has 0 aliphatic rings. The third-order valence-electron chi connectivity index (χ3n) is 3.11. The molecule has 0 saturated heterocycles. The lowest BCUT2D eigenvalue weighted by Crippen LogP contribution is -2.15. The SMILES string of the molecule is O=C(Nc1ccnn1Cc1cccc(Cl)c1Cl)c1ccc(Br)s1. The molecule has 1 N–H and O–H groups in total. The third-order valence-corrected chi connectivity index (χ3v) is 5.59. The van der Waals surface area contributed by atoms with Crippen LogP contribution in [0.2, 0.25) is 10.0 Å². The Hall–Kier alpha value is -1.34. The molecule has 0 unspecified atom stereocenters. The van der Waals surface area contributed by atoms with E-state index < -0.39 is 0 Å². The summed E-state index contributed by atoms with van der Waals surface area (Å²) in [5.41, 5.74) is 0.831. The molecule has 0 aliphatic heterocycles. The Kier molecular flexibility index (Phi) is 5.06. The summed E-state index contributed by atoms with van der Waals surface area (Å²) in [7, 11) is 0. The normalized spacial score (nSPS) is 10.7. The highest BCUT2D eigenvalue weighted by Gasteiger charge is 2.13. The van der Waals surface area contributed by atoms with Gasteiger partial charge < -0.3 is 5.32 Å². The van der Waals surface area contributed by atoms with Crippen molar-refractivity contribution in [2.45, 2.75) is 6.54 Å². The van der Waals surface area contributed by atoms with Crippen LogP contribution < -0.4 is 5.32 Å². The van der Waals surface area contributed by atoms with Gasteiger partial charge in [-0.15, -0.1) is 11.3 Å². The standard InChI is InChI=1S/C15H10BrCl2N3OS/c16-12-5-4-11(23-12)15(22)20-13-6-7-19-21(13)8-9-2-1-3-10(17)14(9)18/h1-7H,8H2,(H,20,22). The zero-order valence-electron chi connectivity index (χ0n) is 11.6. The average molecular weight is 431 g/mol. The molecule has 3 rings (SSSR count). The Morgan fingerprint density at radius 2 is 2.09 bits per heavy atom. The molecule has 3 aromatic rings. The van der Waals surface area contributed by atoms with E-state index in [9.17, 15) is 4.79 Å². The molecule has 1 aromatic carbocycles. The topological polar surface area (TPSA) is 46.9 Å². The zero-order valence-corrected chi connectivity index (χ0v) is 15.5. The van der Waals surface area contributed by atoms with Gasteiger partial charge in [0, 0.05) is 6.07 Å². The fourth-order valence-electron chi connectivity index (χ4n) is 2.01. The van der Waals surface area contributed by atoms with Crippen LogP contribution in [0.25, 0.3) is 0 Å². The van der Waals surface area contributed by atoms with E-state index in [2.05, 4.69) is 26.3 Å². The molecule has 118 valence electrons. The average Bonchev–Trinajstić information content (AvgIpc) is 3.13. The number of benzene rings is 1. The molecular formula is C15H10BrCl2N3OS. The van der Waals surface area contributed by atoms with Gasteiger partial charge >= 0.3 is 0 Å². The Morgan fingerprint density at radius 3 is 2.83 bits per heavy atom. The van der Waals surface area contributed by atoms with Crippen molar-refractivity contribution in [1.82, 2.24) is 9.78 Å². The largest absolute Gasteiger partial charge is 0.306 e. The van der Waals surface area contributed by atoms with Crippen LogP contribution >= 0.6 is 50.5 Å². The molecule has 0 atom stereocenters. The van der Waals surface area contributed by atoms with Crippen LogP contribution in [0, 0.1) is 0 Å². The molecule has 0 radical (unpaired) electrons. The second kappa shape index (κ2) is 7.05. The Balaban J connectivity index is 1.80. The number of halogens is 3. The number of nitrogens with one attached hydrogen (secondary N) is 1. The third kappa shape index (κ3) is 3.77. The first-order valence-electron chi connectivity index (χ1n) is 6.56. The van der Waals surface area contributed by atoms with E-state index in [0.717, 1.165) is 9.35 Å². The molecule has 2 aromatic heterocycles. The van der Waals surface area contributed by atoms with Crippen molar-refractivity contribution in [3.05, 3.63) is 66.9 Å². The van der Waals surface area contributed by atoms with E-state index in [1.54, 1.807) is 29.1 Å². The molecule has 23 heavy (non-hydrogen) atoms. The van der Waals surface area contributed by atoms with Crippen molar-refractivity contribution >= 4 is 62.2 Å². The monoisotopic (exact) mass is 429 g/mol. The van der Waals surface area contributed by atoms with Crippen LogP contribution in [-0.2, 0) is 6.54 Å². The Labute approximate surface area is 155 Å². The summed E-state index contributed by atoms with van der Waals surface area (Å²) >= 11 is 16.9. The van der Waals surface area contributed by atoms with Crippen molar-refractivity contribution in [2.24, 2.45) is 0 Å². The first-order valence-corrected chi connectivity index (χ1v) is 8.92. The predicted octanol–water partition coefficient (Wildman–Crippen LogP) is 5.31. The van der Waals surface area contributed by atoms with Gasteiger partial charge in [0.15, 0.2) is 0 Å².